The summed E-state index contributed by atoms with van der Waals surface area (Å²) in [5.41, 5.74) is -2.28. The number of hydrogen-bond acceptors (Lipinski definition) is 6. The van der Waals surface area contributed by atoms with Gasteiger partial charge in [-0.2, -0.15) is 0 Å². The lowest BCUT2D eigenvalue weighted by atomic mass is 9.82. The van der Waals surface area contributed by atoms with Gasteiger partial charge in [0.2, 0.25) is 11.6 Å². The largest absolute Gasteiger partial charge is 0.288 e. The Morgan fingerprint density at radius 1 is 0.682 bits per heavy atom. The zero-order valence-electron chi connectivity index (χ0n) is 10.8. The van der Waals surface area contributed by atoms with Crippen molar-refractivity contribution in [3.8, 4) is 0 Å². The van der Waals surface area contributed by atoms with Gasteiger partial charge in [-0.1, -0.05) is 24.3 Å². The molecule has 0 spiro atoms. The molecule has 0 fully saturated rings. The molecule has 108 valence electrons. The number of rotatable bonds is 2. The van der Waals surface area contributed by atoms with Gasteiger partial charge >= 0.3 is 0 Å². The monoisotopic (exact) mass is 298 g/mol. The van der Waals surface area contributed by atoms with Crippen molar-refractivity contribution in [1.82, 2.24) is 0 Å². The van der Waals surface area contributed by atoms with Crippen molar-refractivity contribution in [2.45, 2.75) is 0 Å². The maximum Gasteiger partial charge on any atom is 0.281 e. The normalized spacial score (nSPS) is 12.5. The van der Waals surface area contributed by atoms with Crippen molar-refractivity contribution in [2.75, 3.05) is 0 Å². The third kappa shape index (κ3) is 1.71. The van der Waals surface area contributed by atoms with Crippen LogP contribution in [-0.4, -0.2) is 21.4 Å². The molecule has 0 N–H and O–H groups in total. The zero-order chi connectivity index (χ0) is 16.0. The van der Waals surface area contributed by atoms with E-state index in [1.807, 2.05) is 0 Å². The fourth-order valence-electron chi connectivity index (χ4n) is 2.49. The molecule has 1 aliphatic carbocycles. The Balaban J connectivity index is 2.44. The summed E-state index contributed by atoms with van der Waals surface area (Å²) in [6, 6.07) is 7.49. The van der Waals surface area contributed by atoms with Crippen molar-refractivity contribution in [1.29, 1.82) is 0 Å². The first-order valence-corrected chi connectivity index (χ1v) is 6.07. The molecular weight excluding hydrogens is 292 g/mol. The molecule has 0 aliphatic heterocycles. The van der Waals surface area contributed by atoms with Gasteiger partial charge in [-0.3, -0.25) is 29.8 Å². The van der Waals surface area contributed by atoms with Crippen LogP contribution in [-0.2, 0) is 0 Å². The Kier molecular flexibility index (Phi) is 2.81. The van der Waals surface area contributed by atoms with E-state index in [4.69, 9.17) is 0 Å². The van der Waals surface area contributed by atoms with Crippen LogP contribution in [0.4, 0.5) is 11.4 Å². The number of carbonyl (C=O) groups excluding carboxylic acids is 2. The molecule has 2 aromatic carbocycles. The summed E-state index contributed by atoms with van der Waals surface area (Å²) in [6.45, 7) is 0. The molecule has 0 saturated carbocycles. The summed E-state index contributed by atoms with van der Waals surface area (Å²) < 4.78 is 0. The number of fused-ring (bicyclic) bond motifs is 2. The van der Waals surface area contributed by atoms with E-state index in [0.29, 0.717) is 0 Å². The molecule has 2 aromatic rings. The Hall–Kier alpha value is -3.42. The fraction of sp³-hybridized carbons (Fsp3) is 0. The highest BCUT2D eigenvalue weighted by molar-refractivity contribution is 6.31. The summed E-state index contributed by atoms with van der Waals surface area (Å²) >= 11 is 0. The summed E-state index contributed by atoms with van der Waals surface area (Å²) in [4.78, 5) is 45.5. The second kappa shape index (κ2) is 4.55. The average Bonchev–Trinajstić information content (AvgIpc) is 2.51. The minimum atomic E-state index is -0.832. The molecule has 1 aliphatic rings. The molecular formula is C14H6N2O6. The lowest BCUT2D eigenvalue weighted by molar-refractivity contribution is -0.389. The number of nitro benzene ring substituents is 2. The predicted octanol–water partition coefficient (Wildman–Crippen LogP) is 2.28. The van der Waals surface area contributed by atoms with E-state index >= 15 is 0 Å². The van der Waals surface area contributed by atoms with Gasteiger partial charge in [0, 0.05) is 23.3 Å². The van der Waals surface area contributed by atoms with Crippen molar-refractivity contribution >= 4 is 22.9 Å². The highest BCUT2D eigenvalue weighted by atomic mass is 16.6. The number of nitro groups is 2. The number of carbonyl (C=O) groups is 2. The van der Waals surface area contributed by atoms with Crippen LogP contribution in [0, 0.1) is 20.2 Å². The number of hydrogen-bond donors (Lipinski definition) is 0. The maximum absolute atomic E-state index is 12.5. The van der Waals surface area contributed by atoms with Crippen molar-refractivity contribution in [3.05, 3.63) is 78.9 Å². The Morgan fingerprint density at radius 3 is 1.36 bits per heavy atom. The van der Waals surface area contributed by atoms with E-state index in [-0.39, 0.29) is 11.1 Å². The molecule has 22 heavy (non-hydrogen) atoms. The predicted molar refractivity (Wildman–Crippen MR) is 73.1 cm³/mol. The third-order valence-corrected chi connectivity index (χ3v) is 3.43. The Morgan fingerprint density at radius 2 is 1.05 bits per heavy atom. The third-order valence-electron chi connectivity index (χ3n) is 3.43. The van der Waals surface area contributed by atoms with Crippen LogP contribution < -0.4 is 0 Å². The van der Waals surface area contributed by atoms with Gasteiger partial charge in [0.1, 0.15) is 11.1 Å². The zero-order valence-corrected chi connectivity index (χ0v) is 10.8. The average molecular weight is 298 g/mol. The second-order valence-electron chi connectivity index (χ2n) is 4.57. The minimum Gasteiger partial charge on any atom is -0.288 e. The van der Waals surface area contributed by atoms with Gasteiger partial charge in [0.25, 0.3) is 11.4 Å². The fourth-order valence-corrected chi connectivity index (χ4v) is 2.49. The Labute approximate surface area is 122 Å². The lowest BCUT2D eigenvalue weighted by Crippen LogP contribution is -2.23. The van der Waals surface area contributed by atoms with Crippen molar-refractivity contribution in [3.63, 3.8) is 0 Å². The molecule has 0 saturated heterocycles. The van der Waals surface area contributed by atoms with Crippen molar-refractivity contribution < 1.29 is 19.4 Å². The quantitative estimate of drug-likeness (QED) is 0.528. The van der Waals surface area contributed by atoms with Gasteiger partial charge in [-0.15, -0.1) is 0 Å². The maximum atomic E-state index is 12.5. The van der Waals surface area contributed by atoms with Crippen LogP contribution >= 0.6 is 0 Å². The summed E-state index contributed by atoms with van der Waals surface area (Å²) in [6.07, 6.45) is 0. The van der Waals surface area contributed by atoms with E-state index in [1.54, 1.807) is 0 Å². The van der Waals surface area contributed by atoms with E-state index in [0.717, 1.165) is 12.1 Å². The van der Waals surface area contributed by atoms with Crippen LogP contribution in [0.5, 0.6) is 0 Å². The molecule has 0 unspecified atom stereocenters. The molecule has 0 aromatic heterocycles. The van der Waals surface area contributed by atoms with Crippen LogP contribution in [0.25, 0.3) is 0 Å². The SMILES string of the molecule is O=C1c2ccccc2C(=O)c2c([N+](=O)[O-])ccc([N+](=O)[O-])c21. The van der Waals surface area contributed by atoms with Crippen LogP contribution in [0.2, 0.25) is 0 Å². The smallest absolute Gasteiger partial charge is 0.281 e. The highest BCUT2D eigenvalue weighted by Crippen LogP contribution is 2.37. The minimum absolute atomic E-state index is 0.00333. The van der Waals surface area contributed by atoms with Crippen LogP contribution in [0.3, 0.4) is 0 Å². The topological polar surface area (TPSA) is 120 Å². The van der Waals surface area contributed by atoms with Crippen LogP contribution in [0.1, 0.15) is 31.8 Å². The molecule has 0 heterocycles. The first kappa shape index (κ1) is 13.6. The number of nitrogens with zero attached hydrogens (tertiary/aromatic N) is 2. The second-order valence-corrected chi connectivity index (χ2v) is 4.57. The molecule has 0 amide bonds. The van der Waals surface area contributed by atoms with Crippen LogP contribution in [0.15, 0.2) is 36.4 Å². The van der Waals surface area contributed by atoms with Gasteiger partial charge in [-0.05, 0) is 0 Å². The van der Waals surface area contributed by atoms with Crippen molar-refractivity contribution in [2.24, 2.45) is 0 Å². The molecule has 3 rings (SSSR count). The van der Waals surface area contributed by atoms with E-state index in [2.05, 4.69) is 0 Å². The first-order valence-electron chi connectivity index (χ1n) is 6.07. The molecule has 0 bridgehead atoms. The molecule has 8 nitrogen and oxygen atoms in total. The van der Waals surface area contributed by atoms with E-state index < -0.39 is 43.9 Å². The summed E-state index contributed by atoms with van der Waals surface area (Å²) in [7, 11) is 0. The van der Waals surface area contributed by atoms with Gasteiger partial charge in [-0.25, -0.2) is 0 Å². The van der Waals surface area contributed by atoms with Gasteiger partial charge in [0.05, 0.1) is 9.85 Å². The molecule has 0 atom stereocenters. The van der Waals surface area contributed by atoms with E-state index in [1.165, 1.54) is 24.3 Å². The standard InChI is InChI=1S/C14H6N2O6/c17-13-7-3-1-2-4-8(7)14(18)12-10(16(21)22)6-5-9(11(12)13)15(19)20/h1-6H. The number of benzene rings is 2. The summed E-state index contributed by atoms with van der Waals surface area (Å²) in [5, 5.41) is 22.2. The highest BCUT2D eigenvalue weighted by Gasteiger charge is 2.40. The van der Waals surface area contributed by atoms with Gasteiger partial charge < -0.3 is 0 Å². The molecule has 0 radical (unpaired) electrons. The first-order chi connectivity index (χ1) is 10.4. The molecule has 8 heteroatoms. The Bertz CT molecular complexity index is 815. The lowest BCUT2D eigenvalue weighted by Gasteiger charge is -2.16. The number of ketones is 2. The van der Waals surface area contributed by atoms with E-state index in [9.17, 15) is 29.8 Å². The summed E-state index contributed by atoms with van der Waals surface area (Å²) in [5.74, 6) is -1.53. The van der Waals surface area contributed by atoms with Gasteiger partial charge in [0.15, 0.2) is 0 Å².